The smallest absolute Gasteiger partial charge is 0.235 e. The van der Waals surface area contributed by atoms with Crippen LogP contribution in [-0.4, -0.2) is 47.9 Å². The number of benzene rings is 1. The van der Waals surface area contributed by atoms with E-state index in [1.54, 1.807) is 0 Å². The van der Waals surface area contributed by atoms with Crippen LogP contribution in [0.1, 0.15) is 18.9 Å². The lowest BCUT2D eigenvalue weighted by Gasteiger charge is -2.37. The number of carbonyl (C=O) groups excluding carboxylic acids is 1. The van der Waals surface area contributed by atoms with Gasteiger partial charge >= 0.3 is 0 Å². The Balaban J connectivity index is 1.76. The van der Waals surface area contributed by atoms with Crippen molar-refractivity contribution in [3.8, 4) is 0 Å². The Morgan fingerprint density at radius 1 is 1.25 bits per heavy atom. The van der Waals surface area contributed by atoms with Gasteiger partial charge < -0.3 is 0 Å². The number of hydrazine groups is 1. The van der Waals surface area contributed by atoms with Crippen LogP contribution in [0.25, 0.3) is 0 Å². The van der Waals surface area contributed by atoms with E-state index in [9.17, 15) is 4.79 Å². The molecule has 0 spiro atoms. The molecule has 110 valence electrons. The highest BCUT2D eigenvalue weighted by molar-refractivity contribution is 5.75. The molecule has 0 radical (unpaired) electrons. The molecule has 0 aromatic heterocycles. The van der Waals surface area contributed by atoms with Crippen LogP contribution in [0, 0.1) is 0 Å². The lowest BCUT2D eigenvalue weighted by Crippen LogP contribution is -2.50. The normalized spacial score (nSPS) is 18.7. The molecule has 1 unspecified atom stereocenters. The van der Waals surface area contributed by atoms with E-state index in [1.807, 2.05) is 6.07 Å². The maximum atomic E-state index is 11.3. The van der Waals surface area contributed by atoms with Crippen LogP contribution in [0.2, 0.25) is 0 Å². The van der Waals surface area contributed by atoms with Crippen molar-refractivity contribution in [3.05, 3.63) is 35.9 Å². The monoisotopic (exact) mass is 276 g/mol. The fourth-order valence-corrected chi connectivity index (χ4v) is 2.66. The first kappa shape index (κ1) is 15.0. The number of hydrogen-bond donors (Lipinski definition) is 2. The lowest BCUT2D eigenvalue weighted by molar-refractivity contribution is -0.122. The van der Waals surface area contributed by atoms with Crippen LogP contribution >= 0.6 is 0 Å². The lowest BCUT2D eigenvalue weighted by atomic mass is 10.1. The number of rotatable bonds is 5. The van der Waals surface area contributed by atoms with Crippen LogP contribution in [0.15, 0.2) is 30.3 Å². The topological polar surface area (TPSA) is 61.6 Å². The second-order valence-corrected chi connectivity index (χ2v) is 5.42. The molecule has 1 atom stereocenters. The van der Waals surface area contributed by atoms with Gasteiger partial charge in [0.15, 0.2) is 0 Å². The summed E-state index contributed by atoms with van der Waals surface area (Å²) in [5, 5.41) is 0. The highest BCUT2D eigenvalue weighted by Crippen LogP contribution is 2.12. The minimum absolute atomic E-state index is 0.0933. The maximum absolute atomic E-state index is 11.3. The van der Waals surface area contributed by atoms with Crippen LogP contribution in [0.4, 0.5) is 0 Å². The van der Waals surface area contributed by atoms with Crippen molar-refractivity contribution < 1.29 is 4.79 Å². The van der Waals surface area contributed by atoms with E-state index >= 15 is 0 Å². The SMILES string of the molecule is CC(CC(=O)NN)N1CCN(Cc2ccccc2)CC1. The molecule has 1 fully saturated rings. The van der Waals surface area contributed by atoms with E-state index in [0.29, 0.717) is 6.42 Å². The summed E-state index contributed by atoms with van der Waals surface area (Å²) in [5.74, 6) is 5.04. The predicted octanol–water partition coefficient (Wildman–Crippen LogP) is 0.573. The van der Waals surface area contributed by atoms with Gasteiger partial charge in [0.25, 0.3) is 0 Å². The second kappa shape index (κ2) is 7.38. The summed E-state index contributed by atoms with van der Waals surface area (Å²) in [6, 6.07) is 10.8. The van der Waals surface area contributed by atoms with Crippen LogP contribution in [0.3, 0.4) is 0 Å². The molecule has 1 amide bonds. The highest BCUT2D eigenvalue weighted by Gasteiger charge is 2.22. The summed E-state index contributed by atoms with van der Waals surface area (Å²) in [4.78, 5) is 16.1. The molecule has 0 bridgehead atoms. The van der Waals surface area contributed by atoms with E-state index in [0.717, 1.165) is 32.7 Å². The number of nitrogens with one attached hydrogen (secondary N) is 1. The summed E-state index contributed by atoms with van der Waals surface area (Å²) >= 11 is 0. The van der Waals surface area contributed by atoms with E-state index in [-0.39, 0.29) is 11.9 Å². The summed E-state index contributed by atoms with van der Waals surface area (Å²) in [6.45, 7) is 7.19. The maximum Gasteiger partial charge on any atom is 0.235 e. The number of nitrogens with two attached hydrogens (primary N) is 1. The molecule has 1 aromatic rings. The predicted molar refractivity (Wildman–Crippen MR) is 79.7 cm³/mol. The average molecular weight is 276 g/mol. The van der Waals surface area contributed by atoms with Crippen molar-refractivity contribution in [1.29, 1.82) is 0 Å². The van der Waals surface area contributed by atoms with Crippen molar-refractivity contribution in [2.45, 2.75) is 25.9 Å². The van der Waals surface area contributed by atoms with E-state index in [2.05, 4.69) is 46.4 Å². The van der Waals surface area contributed by atoms with Gasteiger partial charge in [0.05, 0.1) is 0 Å². The quantitative estimate of drug-likeness (QED) is 0.469. The Morgan fingerprint density at radius 3 is 2.50 bits per heavy atom. The van der Waals surface area contributed by atoms with E-state index in [1.165, 1.54) is 5.56 Å². The zero-order chi connectivity index (χ0) is 14.4. The molecule has 0 aliphatic carbocycles. The van der Waals surface area contributed by atoms with Gasteiger partial charge in [-0.15, -0.1) is 0 Å². The van der Waals surface area contributed by atoms with Gasteiger partial charge in [0.2, 0.25) is 5.91 Å². The third-order valence-corrected chi connectivity index (χ3v) is 3.92. The Labute approximate surface area is 120 Å². The average Bonchev–Trinajstić information content (AvgIpc) is 2.49. The summed E-state index contributed by atoms with van der Waals surface area (Å²) in [5.41, 5.74) is 3.56. The van der Waals surface area contributed by atoms with Gasteiger partial charge in [-0.3, -0.25) is 20.0 Å². The molecule has 2 rings (SSSR count). The van der Waals surface area contributed by atoms with Crippen molar-refractivity contribution >= 4 is 5.91 Å². The van der Waals surface area contributed by atoms with Crippen LogP contribution < -0.4 is 11.3 Å². The number of piperazine rings is 1. The summed E-state index contributed by atoms with van der Waals surface area (Å²) in [6.07, 6.45) is 0.467. The Kier molecular flexibility index (Phi) is 5.52. The third-order valence-electron chi connectivity index (χ3n) is 3.92. The molecule has 1 aliphatic heterocycles. The van der Waals surface area contributed by atoms with Gasteiger partial charge in [0.1, 0.15) is 0 Å². The van der Waals surface area contributed by atoms with Gasteiger partial charge in [-0.05, 0) is 12.5 Å². The summed E-state index contributed by atoms with van der Waals surface area (Å²) < 4.78 is 0. The first-order valence-electron chi connectivity index (χ1n) is 7.19. The zero-order valence-electron chi connectivity index (χ0n) is 12.1. The molecule has 3 N–H and O–H groups in total. The minimum Gasteiger partial charge on any atom is -0.298 e. The Hall–Kier alpha value is -1.43. The number of hydrogen-bond acceptors (Lipinski definition) is 4. The first-order valence-corrected chi connectivity index (χ1v) is 7.19. The van der Waals surface area contributed by atoms with E-state index in [4.69, 9.17) is 5.84 Å². The van der Waals surface area contributed by atoms with Crippen molar-refractivity contribution in [2.24, 2.45) is 5.84 Å². The third kappa shape index (κ3) is 4.30. The number of nitrogens with zero attached hydrogens (tertiary/aromatic N) is 2. The van der Waals surface area contributed by atoms with Gasteiger partial charge in [-0.1, -0.05) is 30.3 Å². The standard InChI is InChI=1S/C15H24N4O/c1-13(11-15(20)17-16)19-9-7-18(8-10-19)12-14-5-3-2-4-6-14/h2-6,13H,7-12,16H2,1H3,(H,17,20). The molecule has 1 heterocycles. The van der Waals surface area contributed by atoms with Crippen molar-refractivity contribution in [2.75, 3.05) is 26.2 Å². The largest absolute Gasteiger partial charge is 0.298 e. The molecule has 1 aliphatic rings. The number of carbonyl (C=O) groups is 1. The summed E-state index contributed by atoms with van der Waals surface area (Å²) in [7, 11) is 0. The number of amides is 1. The Morgan fingerprint density at radius 2 is 1.90 bits per heavy atom. The highest BCUT2D eigenvalue weighted by atomic mass is 16.2. The van der Waals surface area contributed by atoms with E-state index < -0.39 is 0 Å². The molecule has 1 saturated heterocycles. The molecule has 5 nitrogen and oxygen atoms in total. The van der Waals surface area contributed by atoms with Gasteiger partial charge in [0, 0.05) is 45.2 Å². The minimum atomic E-state index is -0.0933. The van der Waals surface area contributed by atoms with Gasteiger partial charge in [-0.25, -0.2) is 5.84 Å². The Bertz CT molecular complexity index is 415. The van der Waals surface area contributed by atoms with Gasteiger partial charge in [-0.2, -0.15) is 0 Å². The zero-order valence-corrected chi connectivity index (χ0v) is 12.1. The molecule has 5 heteroatoms. The van der Waals surface area contributed by atoms with Crippen molar-refractivity contribution in [3.63, 3.8) is 0 Å². The second-order valence-electron chi connectivity index (χ2n) is 5.42. The molecule has 20 heavy (non-hydrogen) atoms. The fourth-order valence-electron chi connectivity index (χ4n) is 2.66. The van der Waals surface area contributed by atoms with Crippen LogP contribution in [-0.2, 0) is 11.3 Å². The molecule has 1 aromatic carbocycles. The first-order chi connectivity index (χ1) is 9.69. The fraction of sp³-hybridized carbons (Fsp3) is 0.533. The van der Waals surface area contributed by atoms with Crippen LogP contribution in [0.5, 0.6) is 0 Å². The molecule has 0 saturated carbocycles. The molecular weight excluding hydrogens is 252 g/mol. The molecular formula is C15H24N4O. The van der Waals surface area contributed by atoms with Crippen molar-refractivity contribution in [1.82, 2.24) is 15.2 Å².